The van der Waals surface area contributed by atoms with Crippen molar-refractivity contribution in [2.45, 2.75) is 26.1 Å². The van der Waals surface area contributed by atoms with E-state index < -0.39 is 18.2 Å². The van der Waals surface area contributed by atoms with E-state index in [4.69, 9.17) is 13.9 Å². The van der Waals surface area contributed by atoms with Crippen LogP contribution < -0.4 is 0 Å². The minimum absolute atomic E-state index is 0.199. The summed E-state index contributed by atoms with van der Waals surface area (Å²) in [5.41, 5.74) is 0. The van der Waals surface area contributed by atoms with Gasteiger partial charge in [0.15, 0.2) is 18.0 Å². The molecule has 1 fully saturated rings. The Morgan fingerprint density at radius 1 is 1.19 bits per heavy atom. The second-order valence-corrected chi connectivity index (χ2v) is 5.94. The van der Waals surface area contributed by atoms with Crippen LogP contribution in [-0.4, -0.2) is 72.6 Å². The fourth-order valence-corrected chi connectivity index (χ4v) is 2.54. The molecule has 0 aliphatic carbocycles. The molecule has 0 radical (unpaired) electrons. The molecule has 2 atom stereocenters. The van der Waals surface area contributed by atoms with Gasteiger partial charge < -0.3 is 23.7 Å². The summed E-state index contributed by atoms with van der Waals surface area (Å²) in [5, 5.41) is 0. The first-order valence-electron chi connectivity index (χ1n) is 8.48. The summed E-state index contributed by atoms with van der Waals surface area (Å²) >= 11 is 0. The smallest absolute Gasteiger partial charge is 0.335 e. The number of hydrogen-bond acceptors (Lipinski definition) is 6. The van der Waals surface area contributed by atoms with Crippen LogP contribution in [0.4, 0.5) is 0 Å². The van der Waals surface area contributed by atoms with E-state index in [1.165, 1.54) is 19.3 Å². The monoisotopic (exact) mass is 364 g/mol. The zero-order valence-corrected chi connectivity index (χ0v) is 15.1. The Morgan fingerprint density at radius 3 is 2.42 bits per heavy atom. The number of hydrogen-bond donors (Lipinski definition) is 0. The van der Waals surface area contributed by atoms with Crippen molar-refractivity contribution in [2.75, 3.05) is 32.8 Å². The number of ether oxygens (including phenoxy) is 2. The number of carbonyl (C=O) groups excluding carboxylic acids is 3. The first kappa shape index (κ1) is 19.7. The van der Waals surface area contributed by atoms with E-state index in [1.807, 2.05) is 0 Å². The van der Waals surface area contributed by atoms with Gasteiger partial charge in [0.1, 0.15) is 0 Å². The van der Waals surface area contributed by atoms with Crippen LogP contribution in [0.1, 0.15) is 24.4 Å². The summed E-state index contributed by atoms with van der Waals surface area (Å²) in [5.74, 6) is -0.811. The van der Waals surface area contributed by atoms with Gasteiger partial charge in [0, 0.05) is 26.2 Å². The Kier molecular flexibility index (Phi) is 6.97. The second kappa shape index (κ2) is 9.19. The van der Waals surface area contributed by atoms with Gasteiger partial charge in [-0.3, -0.25) is 9.59 Å². The highest BCUT2D eigenvalue weighted by molar-refractivity contribution is 5.91. The van der Waals surface area contributed by atoms with E-state index in [0.29, 0.717) is 26.2 Å². The molecule has 8 nitrogen and oxygen atoms in total. The Balaban J connectivity index is 1.80. The van der Waals surface area contributed by atoms with Crippen molar-refractivity contribution in [2.24, 2.45) is 0 Å². The van der Waals surface area contributed by atoms with Gasteiger partial charge in [0.25, 0.3) is 11.8 Å². The molecular formula is C18H24N2O6. The third-order valence-electron chi connectivity index (χ3n) is 4.05. The third-order valence-corrected chi connectivity index (χ3v) is 4.05. The molecule has 2 rings (SSSR count). The maximum Gasteiger partial charge on any atom is 0.335 e. The van der Waals surface area contributed by atoms with E-state index in [1.54, 1.807) is 28.9 Å². The molecule has 1 aromatic heterocycles. The Bertz CT molecular complexity index is 634. The molecule has 2 amide bonds. The van der Waals surface area contributed by atoms with E-state index in [2.05, 4.69) is 6.58 Å². The SMILES string of the molecule is C=CCOC(C)C(=O)OC(C)C(=O)N1CCN(C(=O)c2ccco2)CC1. The summed E-state index contributed by atoms with van der Waals surface area (Å²) in [6.07, 6.45) is 1.29. The molecular weight excluding hydrogens is 340 g/mol. The van der Waals surface area contributed by atoms with E-state index >= 15 is 0 Å². The average Bonchev–Trinajstić information content (AvgIpc) is 3.19. The molecule has 0 bridgehead atoms. The maximum atomic E-state index is 12.4. The van der Waals surface area contributed by atoms with Crippen LogP contribution in [0.3, 0.4) is 0 Å². The first-order chi connectivity index (χ1) is 12.4. The minimum atomic E-state index is -0.912. The van der Waals surface area contributed by atoms with Crippen LogP contribution >= 0.6 is 0 Å². The predicted octanol–water partition coefficient (Wildman–Crippen LogP) is 1.09. The van der Waals surface area contributed by atoms with Crippen LogP contribution in [0.15, 0.2) is 35.5 Å². The standard InChI is InChI=1S/C18H24N2O6/c1-4-11-24-14(3)18(23)26-13(2)16(21)19-7-9-20(10-8-19)17(22)15-6-5-12-25-15/h4-6,12-14H,1,7-11H2,2-3H3. The first-order valence-corrected chi connectivity index (χ1v) is 8.48. The van der Waals surface area contributed by atoms with Crippen molar-refractivity contribution in [1.29, 1.82) is 0 Å². The van der Waals surface area contributed by atoms with E-state index in [9.17, 15) is 14.4 Å². The quantitative estimate of drug-likeness (QED) is 0.531. The molecule has 1 aliphatic heterocycles. The van der Waals surface area contributed by atoms with Gasteiger partial charge in [0.05, 0.1) is 12.9 Å². The lowest BCUT2D eigenvalue weighted by atomic mass is 10.2. The summed E-state index contributed by atoms with van der Waals surface area (Å²) in [6.45, 7) is 8.35. The molecule has 1 aromatic rings. The lowest BCUT2D eigenvalue weighted by molar-refractivity contribution is -0.167. The minimum Gasteiger partial charge on any atom is -0.459 e. The zero-order chi connectivity index (χ0) is 19.1. The number of amides is 2. The lowest BCUT2D eigenvalue weighted by Gasteiger charge is -2.35. The maximum absolute atomic E-state index is 12.4. The molecule has 0 aromatic carbocycles. The largest absolute Gasteiger partial charge is 0.459 e. The van der Waals surface area contributed by atoms with Gasteiger partial charge in [-0.05, 0) is 26.0 Å². The summed E-state index contributed by atoms with van der Waals surface area (Å²) in [7, 11) is 0. The summed E-state index contributed by atoms with van der Waals surface area (Å²) < 4.78 is 15.5. The number of furan rings is 1. The second-order valence-electron chi connectivity index (χ2n) is 5.94. The highest BCUT2D eigenvalue weighted by Crippen LogP contribution is 2.11. The number of piperazine rings is 1. The Morgan fingerprint density at radius 2 is 1.85 bits per heavy atom. The van der Waals surface area contributed by atoms with E-state index in [-0.39, 0.29) is 24.2 Å². The molecule has 0 saturated carbocycles. The molecule has 8 heteroatoms. The highest BCUT2D eigenvalue weighted by atomic mass is 16.6. The van der Waals surface area contributed by atoms with Crippen LogP contribution in [0.25, 0.3) is 0 Å². The molecule has 1 saturated heterocycles. The van der Waals surface area contributed by atoms with Gasteiger partial charge >= 0.3 is 5.97 Å². The van der Waals surface area contributed by atoms with Gasteiger partial charge in [0.2, 0.25) is 0 Å². The fraction of sp³-hybridized carbons (Fsp3) is 0.500. The van der Waals surface area contributed by atoms with Crippen molar-refractivity contribution in [3.05, 3.63) is 36.8 Å². The van der Waals surface area contributed by atoms with Crippen molar-refractivity contribution in [1.82, 2.24) is 9.80 Å². The van der Waals surface area contributed by atoms with E-state index in [0.717, 1.165) is 0 Å². The lowest BCUT2D eigenvalue weighted by Crippen LogP contribution is -2.53. The van der Waals surface area contributed by atoms with Gasteiger partial charge in [-0.15, -0.1) is 6.58 Å². The number of esters is 1. The number of carbonyl (C=O) groups is 3. The van der Waals surface area contributed by atoms with Crippen molar-refractivity contribution >= 4 is 17.8 Å². The number of rotatable bonds is 7. The van der Waals surface area contributed by atoms with Gasteiger partial charge in [-0.2, -0.15) is 0 Å². The summed E-state index contributed by atoms with van der Waals surface area (Å²) in [4.78, 5) is 39.8. The number of nitrogens with zero attached hydrogens (tertiary/aromatic N) is 2. The van der Waals surface area contributed by atoms with Crippen molar-refractivity contribution < 1.29 is 28.3 Å². The predicted molar refractivity (Wildman–Crippen MR) is 92.4 cm³/mol. The van der Waals surface area contributed by atoms with Crippen LogP contribution in [0.5, 0.6) is 0 Å². The Labute approximate surface area is 152 Å². The summed E-state index contributed by atoms with van der Waals surface area (Å²) in [6, 6.07) is 3.26. The molecule has 2 unspecified atom stereocenters. The van der Waals surface area contributed by atoms with Crippen molar-refractivity contribution in [3.63, 3.8) is 0 Å². The molecule has 142 valence electrons. The topological polar surface area (TPSA) is 89.3 Å². The molecule has 0 spiro atoms. The van der Waals surface area contributed by atoms with Crippen LogP contribution in [0.2, 0.25) is 0 Å². The average molecular weight is 364 g/mol. The fourth-order valence-electron chi connectivity index (χ4n) is 2.54. The van der Waals surface area contributed by atoms with Crippen LogP contribution in [0, 0.1) is 0 Å². The highest BCUT2D eigenvalue weighted by Gasteiger charge is 2.30. The molecule has 2 heterocycles. The van der Waals surface area contributed by atoms with Gasteiger partial charge in [-0.1, -0.05) is 6.08 Å². The normalized spacial score (nSPS) is 16.7. The Hall–Kier alpha value is -2.61. The van der Waals surface area contributed by atoms with Gasteiger partial charge in [-0.25, -0.2) is 4.79 Å². The molecule has 0 N–H and O–H groups in total. The third kappa shape index (κ3) is 4.95. The zero-order valence-electron chi connectivity index (χ0n) is 15.1. The molecule has 26 heavy (non-hydrogen) atoms. The van der Waals surface area contributed by atoms with Crippen LogP contribution in [-0.2, 0) is 19.1 Å². The molecule has 1 aliphatic rings. The van der Waals surface area contributed by atoms with Crippen molar-refractivity contribution in [3.8, 4) is 0 Å².